The third-order valence-electron chi connectivity index (χ3n) is 3.49. The molecule has 0 bridgehead atoms. The van der Waals surface area contributed by atoms with Gasteiger partial charge in [-0.05, 0) is 23.8 Å². The SMILES string of the molecule is CN(Cc1ccccc1)C(=O)CSc1nnc(Nc2cccc(Br)c2)s1. The van der Waals surface area contributed by atoms with Crippen molar-refractivity contribution in [1.29, 1.82) is 0 Å². The molecule has 1 N–H and O–H groups in total. The van der Waals surface area contributed by atoms with Crippen molar-refractivity contribution in [3.05, 3.63) is 64.6 Å². The minimum Gasteiger partial charge on any atom is -0.341 e. The molecule has 0 aliphatic carbocycles. The van der Waals surface area contributed by atoms with Crippen molar-refractivity contribution < 1.29 is 4.79 Å². The number of carbonyl (C=O) groups is 1. The first-order valence-corrected chi connectivity index (χ1v) is 10.5. The van der Waals surface area contributed by atoms with Gasteiger partial charge in [0.2, 0.25) is 11.0 Å². The van der Waals surface area contributed by atoms with Gasteiger partial charge >= 0.3 is 0 Å². The quantitative estimate of drug-likeness (QED) is 0.526. The predicted octanol–water partition coefficient (Wildman–Crippen LogP) is 4.79. The number of nitrogens with zero attached hydrogens (tertiary/aromatic N) is 3. The number of thioether (sulfide) groups is 1. The third kappa shape index (κ3) is 5.55. The molecule has 1 aromatic heterocycles. The van der Waals surface area contributed by atoms with Crippen molar-refractivity contribution >= 4 is 55.8 Å². The van der Waals surface area contributed by atoms with Gasteiger partial charge in [0.05, 0.1) is 5.75 Å². The van der Waals surface area contributed by atoms with E-state index in [1.54, 1.807) is 4.90 Å². The van der Waals surface area contributed by atoms with Crippen molar-refractivity contribution in [2.45, 2.75) is 10.9 Å². The number of benzene rings is 2. The Bertz CT molecular complexity index is 872. The highest BCUT2D eigenvalue weighted by atomic mass is 79.9. The van der Waals surface area contributed by atoms with E-state index in [4.69, 9.17) is 0 Å². The van der Waals surface area contributed by atoms with Crippen molar-refractivity contribution in [2.75, 3.05) is 18.1 Å². The molecule has 0 unspecified atom stereocenters. The largest absolute Gasteiger partial charge is 0.341 e. The van der Waals surface area contributed by atoms with Crippen LogP contribution in [0.15, 0.2) is 63.4 Å². The summed E-state index contributed by atoms with van der Waals surface area (Å²) in [6.45, 7) is 0.603. The molecule has 5 nitrogen and oxygen atoms in total. The summed E-state index contributed by atoms with van der Waals surface area (Å²) in [5.74, 6) is 0.407. The van der Waals surface area contributed by atoms with E-state index < -0.39 is 0 Å². The Balaban J connectivity index is 1.50. The number of aromatic nitrogens is 2. The topological polar surface area (TPSA) is 58.1 Å². The minimum atomic E-state index is 0.0653. The Hall–Kier alpha value is -1.90. The molecule has 0 spiro atoms. The molecule has 0 saturated heterocycles. The minimum absolute atomic E-state index is 0.0653. The number of anilines is 2. The Morgan fingerprint density at radius 3 is 2.77 bits per heavy atom. The van der Waals surface area contributed by atoms with Crippen LogP contribution in [-0.2, 0) is 11.3 Å². The first-order valence-electron chi connectivity index (χ1n) is 7.87. The zero-order valence-electron chi connectivity index (χ0n) is 14.1. The highest BCUT2D eigenvalue weighted by Crippen LogP contribution is 2.28. The lowest BCUT2D eigenvalue weighted by Gasteiger charge is -2.16. The molecule has 0 atom stereocenters. The van der Waals surface area contributed by atoms with Gasteiger partial charge in [-0.2, -0.15) is 0 Å². The fourth-order valence-electron chi connectivity index (χ4n) is 2.19. The molecular formula is C18H17BrN4OS2. The van der Waals surface area contributed by atoms with Gasteiger partial charge in [0.25, 0.3) is 0 Å². The predicted molar refractivity (Wildman–Crippen MR) is 111 cm³/mol. The van der Waals surface area contributed by atoms with E-state index in [0.29, 0.717) is 17.4 Å². The van der Waals surface area contributed by atoms with Gasteiger partial charge in [0, 0.05) is 23.8 Å². The summed E-state index contributed by atoms with van der Waals surface area (Å²) in [5, 5.41) is 12.2. The number of halogens is 1. The third-order valence-corrected chi connectivity index (χ3v) is 5.94. The van der Waals surface area contributed by atoms with Crippen LogP contribution in [0.3, 0.4) is 0 Å². The molecule has 3 rings (SSSR count). The van der Waals surface area contributed by atoms with Crippen LogP contribution in [0.2, 0.25) is 0 Å². The van der Waals surface area contributed by atoms with E-state index in [2.05, 4.69) is 31.4 Å². The first kappa shape index (κ1) is 18.9. The van der Waals surface area contributed by atoms with Gasteiger partial charge in [-0.15, -0.1) is 10.2 Å². The van der Waals surface area contributed by atoms with Gasteiger partial charge in [-0.3, -0.25) is 4.79 Å². The summed E-state index contributed by atoms with van der Waals surface area (Å²) >= 11 is 6.28. The van der Waals surface area contributed by atoms with E-state index in [0.717, 1.165) is 20.1 Å². The number of hydrogen-bond donors (Lipinski definition) is 1. The molecule has 0 aliphatic heterocycles. The maximum Gasteiger partial charge on any atom is 0.233 e. The second kappa shape index (κ2) is 9.16. The van der Waals surface area contributed by atoms with E-state index >= 15 is 0 Å². The van der Waals surface area contributed by atoms with Crippen LogP contribution in [-0.4, -0.2) is 33.8 Å². The number of rotatable bonds is 7. The molecule has 8 heteroatoms. The average molecular weight is 449 g/mol. The molecule has 26 heavy (non-hydrogen) atoms. The van der Waals surface area contributed by atoms with Crippen LogP contribution in [0.4, 0.5) is 10.8 Å². The molecule has 1 amide bonds. The number of amides is 1. The smallest absolute Gasteiger partial charge is 0.233 e. The van der Waals surface area contributed by atoms with Crippen molar-refractivity contribution in [3.8, 4) is 0 Å². The number of hydrogen-bond acceptors (Lipinski definition) is 6. The monoisotopic (exact) mass is 448 g/mol. The summed E-state index contributed by atoms with van der Waals surface area (Å²) in [5.41, 5.74) is 2.05. The van der Waals surface area contributed by atoms with Crippen molar-refractivity contribution in [2.24, 2.45) is 0 Å². The molecule has 134 valence electrons. The zero-order chi connectivity index (χ0) is 18.4. The van der Waals surface area contributed by atoms with Crippen molar-refractivity contribution in [3.63, 3.8) is 0 Å². The first-order chi connectivity index (χ1) is 12.6. The van der Waals surface area contributed by atoms with Gasteiger partial charge in [-0.25, -0.2) is 0 Å². The second-order valence-corrected chi connectivity index (χ2v) is 8.65. The maximum atomic E-state index is 12.3. The van der Waals surface area contributed by atoms with Gasteiger partial charge in [-0.1, -0.05) is 75.4 Å². The molecule has 2 aromatic carbocycles. The summed E-state index contributed by atoms with van der Waals surface area (Å²) in [7, 11) is 1.82. The van der Waals surface area contributed by atoms with Crippen LogP contribution < -0.4 is 5.32 Å². The van der Waals surface area contributed by atoms with Crippen LogP contribution in [0.25, 0.3) is 0 Å². The molecule has 1 heterocycles. The van der Waals surface area contributed by atoms with E-state index in [-0.39, 0.29) is 5.91 Å². The summed E-state index contributed by atoms with van der Waals surface area (Å²) in [4.78, 5) is 14.0. The Morgan fingerprint density at radius 1 is 1.19 bits per heavy atom. The summed E-state index contributed by atoms with van der Waals surface area (Å²) in [6, 6.07) is 17.8. The highest BCUT2D eigenvalue weighted by molar-refractivity contribution is 9.10. The van der Waals surface area contributed by atoms with Crippen LogP contribution in [0.1, 0.15) is 5.56 Å². The Morgan fingerprint density at radius 2 is 2.00 bits per heavy atom. The molecule has 0 radical (unpaired) electrons. The van der Waals surface area contributed by atoms with E-state index in [9.17, 15) is 4.79 Å². The van der Waals surface area contributed by atoms with Crippen LogP contribution >= 0.6 is 39.0 Å². The molecule has 0 fully saturated rings. The molecule has 3 aromatic rings. The van der Waals surface area contributed by atoms with Gasteiger partial charge in [0.15, 0.2) is 4.34 Å². The average Bonchev–Trinajstić information content (AvgIpc) is 3.08. The Kier molecular flexibility index (Phi) is 6.65. The normalized spacial score (nSPS) is 10.5. The van der Waals surface area contributed by atoms with Crippen LogP contribution in [0, 0.1) is 0 Å². The summed E-state index contributed by atoms with van der Waals surface area (Å²) < 4.78 is 1.76. The fourth-order valence-corrected chi connectivity index (χ4v) is 4.30. The highest BCUT2D eigenvalue weighted by Gasteiger charge is 2.12. The fraction of sp³-hybridized carbons (Fsp3) is 0.167. The maximum absolute atomic E-state index is 12.3. The molecule has 0 saturated carbocycles. The zero-order valence-corrected chi connectivity index (χ0v) is 17.3. The van der Waals surface area contributed by atoms with Crippen LogP contribution in [0.5, 0.6) is 0 Å². The molecule has 0 aliphatic rings. The summed E-state index contributed by atoms with van der Waals surface area (Å²) in [6.07, 6.45) is 0. The lowest BCUT2D eigenvalue weighted by molar-refractivity contribution is -0.127. The van der Waals surface area contributed by atoms with E-state index in [1.807, 2.05) is 61.6 Å². The number of carbonyl (C=O) groups excluding carboxylic acids is 1. The van der Waals surface area contributed by atoms with E-state index in [1.165, 1.54) is 23.1 Å². The van der Waals surface area contributed by atoms with Gasteiger partial charge in [0.1, 0.15) is 0 Å². The van der Waals surface area contributed by atoms with Gasteiger partial charge < -0.3 is 10.2 Å². The number of nitrogens with one attached hydrogen (secondary N) is 1. The lowest BCUT2D eigenvalue weighted by atomic mass is 10.2. The standard InChI is InChI=1S/C18H17BrN4OS2/c1-23(11-13-6-3-2-4-7-13)16(24)12-25-18-22-21-17(26-18)20-15-9-5-8-14(19)10-15/h2-10H,11-12H2,1H3,(H,20,21). The Labute approximate surface area is 169 Å². The van der Waals surface area contributed by atoms with Crippen molar-refractivity contribution in [1.82, 2.24) is 15.1 Å². The lowest BCUT2D eigenvalue weighted by Crippen LogP contribution is -2.27. The second-order valence-electron chi connectivity index (χ2n) is 5.53. The molecular weight excluding hydrogens is 432 g/mol.